The molecule has 1 unspecified atom stereocenters. The molecular formula is C49H55NO5. The van der Waals surface area contributed by atoms with Gasteiger partial charge in [0.2, 0.25) is 0 Å². The zero-order valence-corrected chi connectivity index (χ0v) is 32.2. The summed E-state index contributed by atoms with van der Waals surface area (Å²) in [4.78, 5) is 17.3. The minimum absolute atomic E-state index is 0.0166. The monoisotopic (exact) mass is 737 g/mol. The van der Waals surface area contributed by atoms with E-state index in [4.69, 9.17) is 0 Å². The Hall–Kier alpha value is -3.91. The Bertz CT molecular complexity index is 2160. The molecule has 3 saturated carbocycles. The first-order valence-corrected chi connectivity index (χ1v) is 20.5. The molecule has 55 heavy (non-hydrogen) atoms. The zero-order valence-electron chi connectivity index (χ0n) is 32.2. The molecule has 6 aliphatic carbocycles. The van der Waals surface area contributed by atoms with Crippen molar-refractivity contribution < 1.29 is 25.2 Å². The van der Waals surface area contributed by atoms with E-state index in [2.05, 4.69) is 79.4 Å². The van der Waals surface area contributed by atoms with Crippen LogP contribution in [0.15, 0.2) is 121 Å². The molecule has 0 aromatic heterocycles. The van der Waals surface area contributed by atoms with Gasteiger partial charge < -0.3 is 20.4 Å². The Morgan fingerprint density at radius 2 is 1.47 bits per heavy atom. The second-order valence-electron chi connectivity index (χ2n) is 18.2. The van der Waals surface area contributed by atoms with E-state index in [1.807, 2.05) is 54.6 Å². The molecule has 6 heteroatoms. The zero-order chi connectivity index (χ0) is 38.2. The Labute approximate surface area is 325 Å². The first-order chi connectivity index (χ1) is 26.5. The second-order valence-corrected chi connectivity index (χ2v) is 18.2. The van der Waals surface area contributed by atoms with Crippen molar-refractivity contribution in [1.29, 1.82) is 0 Å². The van der Waals surface area contributed by atoms with Gasteiger partial charge in [0, 0.05) is 47.0 Å². The van der Waals surface area contributed by atoms with Crippen molar-refractivity contribution in [3.8, 4) is 11.1 Å². The van der Waals surface area contributed by atoms with Crippen molar-refractivity contribution in [2.45, 2.75) is 83.1 Å². The minimum Gasteiger partial charge on any atom is -0.394 e. The van der Waals surface area contributed by atoms with E-state index in [1.165, 1.54) is 0 Å². The third-order valence-electron chi connectivity index (χ3n) is 15.6. The Morgan fingerprint density at radius 1 is 0.800 bits per heavy atom. The van der Waals surface area contributed by atoms with Crippen LogP contribution in [0.5, 0.6) is 0 Å². The summed E-state index contributed by atoms with van der Waals surface area (Å²) in [6.07, 6.45) is 11.0. The van der Waals surface area contributed by atoms with E-state index in [0.29, 0.717) is 31.5 Å². The smallest absolute Gasteiger partial charge is 0.189 e. The average Bonchev–Trinajstić information content (AvgIpc) is 3.47. The Balaban J connectivity index is 1.10. The molecule has 0 amide bonds. The number of hydrogen-bond donors (Lipinski definition) is 4. The number of carbonyl (C=O) groups excluding carboxylic acids is 1. The van der Waals surface area contributed by atoms with Crippen LogP contribution in [-0.4, -0.2) is 68.6 Å². The first-order valence-electron chi connectivity index (χ1n) is 20.5. The van der Waals surface area contributed by atoms with Gasteiger partial charge in [0.25, 0.3) is 0 Å². The van der Waals surface area contributed by atoms with Gasteiger partial charge in [-0.3, -0.25) is 9.69 Å². The van der Waals surface area contributed by atoms with Gasteiger partial charge in [0.15, 0.2) is 5.78 Å². The number of aliphatic hydroxyl groups excluding tert-OH is 3. The van der Waals surface area contributed by atoms with Crippen molar-refractivity contribution in [2.75, 3.05) is 19.7 Å². The molecule has 0 radical (unpaired) electrons. The highest BCUT2D eigenvalue weighted by Crippen LogP contribution is 2.78. The fourth-order valence-electron chi connectivity index (χ4n) is 12.8. The Kier molecular flexibility index (Phi) is 8.91. The van der Waals surface area contributed by atoms with Gasteiger partial charge in [-0.15, -0.1) is 0 Å². The molecule has 4 aromatic carbocycles. The van der Waals surface area contributed by atoms with E-state index in [-0.39, 0.29) is 36.2 Å². The van der Waals surface area contributed by atoms with E-state index < -0.39 is 34.1 Å². The van der Waals surface area contributed by atoms with Gasteiger partial charge >= 0.3 is 0 Å². The normalized spacial score (nSPS) is 35.3. The molecule has 4 aromatic rings. The molecule has 2 spiro atoms. The second kappa shape index (κ2) is 13.3. The largest absolute Gasteiger partial charge is 0.394 e. The van der Waals surface area contributed by atoms with Gasteiger partial charge in [-0.05, 0) is 89.7 Å². The summed E-state index contributed by atoms with van der Waals surface area (Å²) in [5.74, 6) is 0.273. The number of nitrogens with zero attached hydrogens (tertiary/aromatic N) is 1. The maximum Gasteiger partial charge on any atom is 0.189 e. The quantitative estimate of drug-likeness (QED) is 0.0969. The van der Waals surface area contributed by atoms with Crippen LogP contribution in [0.4, 0.5) is 0 Å². The molecule has 6 nitrogen and oxygen atoms in total. The fraction of sp³-hybridized carbons (Fsp3) is 0.449. The van der Waals surface area contributed by atoms with Gasteiger partial charge in [-0.25, -0.2) is 0 Å². The van der Waals surface area contributed by atoms with E-state index in [0.717, 1.165) is 65.1 Å². The summed E-state index contributed by atoms with van der Waals surface area (Å²) < 4.78 is 0. The number of aliphatic hydroxyl groups is 4. The van der Waals surface area contributed by atoms with Crippen LogP contribution in [0, 0.1) is 33.5 Å². The summed E-state index contributed by atoms with van der Waals surface area (Å²) in [7, 11) is 0. The predicted molar refractivity (Wildman–Crippen MR) is 217 cm³/mol. The Morgan fingerprint density at radius 3 is 2.25 bits per heavy atom. The average molecular weight is 738 g/mol. The highest BCUT2D eigenvalue weighted by molar-refractivity contribution is 6.10. The molecule has 4 N–H and O–H groups in total. The number of hydrogen-bond acceptors (Lipinski definition) is 6. The molecule has 0 heterocycles. The summed E-state index contributed by atoms with van der Waals surface area (Å²) in [5.41, 5.74) is 2.14. The molecular weight excluding hydrogens is 683 g/mol. The molecule has 9 atom stereocenters. The summed E-state index contributed by atoms with van der Waals surface area (Å²) in [6.45, 7) is 5.45. The predicted octanol–water partition coefficient (Wildman–Crippen LogP) is 8.14. The van der Waals surface area contributed by atoms with Crippen LogP contribution in [0.25, 0.3) is 21.9 Å². The lowest BCUT2D eigenvalue weighted by Crippen LogP contribution is -2.67. The maximum absolute atomic E-state index is 15.2. The van der Waals surface area contributed by atoms with Crippen LogP contribution >= 0.6 is 0 Å². The fourth-order valence-corrected chi connectivity index (χ4v) is 12.8. The molecule has 3 fully saturated rings. The van der Waals surface area contributed by atoms with E-state index >= 15 is 4.79 Å². The van der Waals surface area contributed by atoms with Crippen molar-refractivity contribution in [2.24, 2.45) is 33.5 Å². The van der Waals surface area contributed by atoms with Crippen LogP contribution < -0.4 is 0 Å². The van der Waals surface area contributed by atoms with Gasteiger partial charge in [-0.1, -0.05) is 129 Å². The number of benzene rings is 4. The van der Waals surface area contributed by atoms with Gasteiger partial charge in [0.1, 0.15) is 0 Å². The number of rotatable bonds is 10. The molecule has 0 saturated heterocycles. The third kappa shape index (κ3) is 5.50. The summed E-state index contributed by atoms with van der Waals surface area (Å²) >= 11 is 0. The third-order valence-corrected chi connectivity index (χ3v) is 15.6. The lowest BCUT2D eigenvalue weighted by Gasteiger charge is -2.71. The molecule has 0 aliphatic heterocycles. The van der Waals surface area contributed by atoms with E-state index in [9.17, 15) is 20.4 Å². The van der Waals surface area contributed by atoms with Crippen LogP contribution in [0.1, 0.15) is 74.7 Å². The molecule has 10 rings (SSSR count). The lowest BCUT2D eigenvalue weighted by molar-refractivity contribution is -0.177. The van der Waals surface area contributed by atoms with Crippen LogP contribution in [0.3, 0.4) is 0 Å². The molecule has 286 valence electrons. The SMILES string of the molecule is C[C@]12CC[C@H]3[C@]4(C=C[C@@]5(C=C4C(=O)c4ccc(-c6ccccc6)cc4)CC(O)CC[C@]35C)[C@@H]1CC[C@@]2(O)CN(Cc1cccc2ccccc12)C[C@H](O)CO. The number of allylic oxidation sites excluding steroid dienone is 4. The number of Topliss-reactive ketones (excluding diaryl/α,β-unsaturated/α-hetero) is 1. The van der Waals surface area contributed by atoms with E-state index in [1.54, 1.807) is 0 Å². The highest BCUT2D eigenvalue weighted by atomic mass is 16.3. The van der Waals surface area contributed by atoms with Gasteiger partial charge in [0.05, 0.1) is 24.4 Å². The summed E-state index contributed by atoms with van der Waals surface area (Å²) in [5, 5.41) is 47.4. The lowest BCUT2D eigenvalue weighted by atomic mass is 9.32. The molecule has 2 bridgehead atoms. The van der Waals surface area contributed by atoms with Crippen LogP contribution in [0.2, 0.25) is 0 Å². The number of fused-ring (bicyclic) bond motifs is 2. The standard InChI is InChI=1S/C49H55NO5/c1-45-22-19-38(52)27-47(45)25-26-49(41(28-47)44(54)36-17-15-34(16-18-36)33-9-4-3-5-10-33)42(45)20-23-46(2)43(49)21-24-48(46,55)32-50(30-39(53)31-51)29-37-13-8-12-35-11-6-7-14-40(35)37/h3-18,25-26,28,38-39,42-43,51-53,55H,19-24,27,29-32H2,1-2H3/t38?,39-,42+,43+,45+,46-,47-,48+,49+/m0/s1. The van der Waals surface area contributed by atoms with Gasteiger partial charge in [-0.2, -0.15) is 0 Å². The maximum atomic E-state index is 15.2. The van der Waals surface area contributed by atoms with Crippen molar-refractivity contribution in [3.63, 3.8) is 0 Å². The van der Waals surface area contributed by atoms with Crippen molar-refractivity contribution in [3.05, 3.63) is 132 Å². The topological polar surface area (TPSA) is 101 Å². The highest BCUT2D eigenvalue weighted by Gasteiger charge is 2.74. The first kappa shape index (κ1) is 36.7. The van der Waals surface area contributed by atoms with Crippen molar-refractivity contribution >= 4 is 16.6 Å². The minimum atomic E-state index is -1.09. The number of carbonyl (C=O) groups is 1. The number of ketones is 1. The van der Waals surface area contributed by atoms with Crippen molar-refractivity contribution in [1.82, 2.24) is 4.90 Å². The summed E-state index contributed by atoms with van der Waals surface area (Å²) in [6, 6.07) is 32.9. The molecule has 6 aliphatic rings. The van der Waals surface area contributed by atoms with Crippen LogP contribution in [-0.2, 0) is 6.54 Å².